The summed E-state index contributed by atoms with van der Waals surface area (Å²) in [5.41, 5.74) is 0. The molecule has 1 saturated carbocycles. The number of nitrogens with zero attached hydrogens (tertiary/aromatic N) is 1. The minimum Gasteiger partial charge on any atom is -0.314 e. The lowest BCUT2D eigenvalue weighted by molar-refractivity contribution is -0.138. The van der Waals surface area contributed by atoms with Gasteiger partial charge in [0.05, 0.1) is 5.75 Å². The highest BCUT2D eigenvalue weighted by atomic mass is 32.2. The number of alkyl halides is 3. The Bertz CT molecular complexity index is 392. The fourth-order valence-electron chi connectivity index (χ4n) is 1.90. The van der Waals surface area contributed by atoms with Crippen molar-refractivity contribution >= 4 is 10.0 Å². The maximum atomic E-state index is 12.4. The van der Waals surface area contributed by atoms with Gasteiger partial charge in [-0.05, 0) is 46.1 Å². The van der Waals surface area contributed by atoms with Crippen LogP contribution in [-0.2, 0) is 10.0 Å². The van der Waals surface area contributed by atoms with Crippen LogP contribution in [0.3, 0.4) is 0 Å². The van der Waals surface area contributed by atoms with Gasteiger partial charge in [-0.1, -0.05) is 0 Å². The molecule has 0 atom stereocenters. The van der Waals surface area contributed by atoms with E-state index in [0.29, 0.717) is 23.2 Å². The van der Waals surface area contributed by atoms with Crippen molar-refractivity contribution in [2.45, 2.75) is 57.8 Å². The van der Waals surface area contributed by atoms with Gasteiger partial charge < -0.3 is 5.32 Å². The zero-order valence-electron chi connectivity index (χ0n) is 11.9. The van der Waals surface area contributed by atoms with Crippen LogP contribution in [0.4, 0.5) is 13.2 Å². The fourth-order valence-corrected chi connectivity index (χ4v) is 3.69. The first-order chi connectivity index (χ1) is 9.12. The maximum absolute atomic E-state index is 12.4. The molecule has 0 bridgehead atoms. The summed E-state index contributed by atoms with van der Waals surface area (Å²) in [6.07, 6.45) is -1.16. The predicted molar refractivity (Wildman–Crippen MR) is 71.9 cm³/mol. The zero-order valence-corrected chi connectivity index (χ0v) is 12.7. The Hall–Kier alpha value is -0.340. The van der Waals surface area contributed by atoms with E-state index in [1.54, 1.807) is 0 Å². The van der Waals surface area contributed by atoms with Gasteiger partial charge in [0.25, 0.3) is 0 Å². The molecule has 0 radical (unpaired) electrons. The molecule has 120 valence electrons. The molecule has 4 nitrogen and oxygen atoms in total. The summed E-state index contributed by atoms with van der Waals surface area (Å²) in [7, 11) is -3.85. The fraction of sp³-hybridized carbons (Fsp3) is 1.00. The first-order valence-electron chi connectivity index (χ1n) is 6.91. The molecule has 1 fully saturated rings. The molecule has 1 N–H and O–H groups in total. The smallest absolute Gasteiger partial charge is 0.314 e. The van der Waals surface area contributed by atoms with Crippen LogP contribution in [0.1, 0.15) is 39.5 Å². The number of unbranched alkanes of at least 4 members (excludes halogenated alkanes) is 1. The Kier molecular flexibility index (Phi) is 6.27. The number of halogens is 3. The lowest BCUT2D eigenvalue weighted by atomic mass is 10.3. The van der Waals surface area contributed by atoms with Crippen LogP contribution >= 0.6 is 0 Å². The van der Waals surface area contributed by atoms with Gasteiger partial charge in [0.15, 0.2) is 0 Å². The van der Waals surface area contributed by atoms with Crippen molar-refractivity contribution in [2.24, 2.45) is 0 Å². The second kappa shape index (κ2) is 7.09. The van der Waals surface area contributed by atoms with Gasteiger partial charge in [-0.25, -0.2) is 8.42 Å². The number of nitrogens with one attached hydrogen (secondary N) is 1. The molecular formula is C12H23F3N2O2S. The third-order valence-electron chi connectivity index (χ3n) is 3.11. The van der Waals surface area contributed by atoms with Crippen molar-refractivity contribution in [2.75, 3.05) is 18.8 Å². The van der Waals surface area contributed by atoms with Gasteiger partial charge in [0, 0.05) is 12.1 Å². The Labute approximate surface area is 118 Å². The molecule has 0 aliphatic heterocycles. The summed E-state index contributed by atoms with van der Waals surface area (Å²) < 4.78 is 61.7. The number of hydrogen-bond acceptors (Lipinski definition) is 3. The summed E-state index contributed by atoms with van der Waals surface area (Å²) in [5, 5.41) is 3.24. The minimum absolute atomic E-state index is 0.229. The topological polar surface area (TPSA) is 49.4 Å². The molecular weight excluding hydrogens is 293 g/mol. The molecule has 0 unspecified atom stereocenters. The Balaban J connectivity index is 2.40. The largest absolute Gasteiger partial charge is 0.402 e. The van der Waals surface area contributed by atoms with Crippen molar-refractivity contribution in [1.82, 2.24) is 9.62 Å². The molecule has 1 rings (SSSR count). The van der Waals surface area contributed by atoms with E-state index in [2.05, 4.69) is 5.32 Å². The van der Waals surface area contributed by atoms with E-state index in [-0.39, 0.29) is 5.75 Å². The van der Waals surface area contributed by atoms with E-state index in [1.807, 2.05) is 0 Å². The predicted octanol–water partition coefficient (Wildman–Crippen LogP) is 2.12. The zero-order chi connectivity index (χ0) is 15.4. The van der Waals surface area contributed by atoms with Crippen LogP contribution in [0.15, 0.2) is 0 Å². The summed E-state index contributed by atoms with van der Waals surface area (Å²) in [4.78, 5) is 0. The Morgan fingerprint density at radius 3 is 2.30 bits per heavy atom. The number of sulfonamides is 1. The van der Waals surface area contributed by atoms with Gasteiger partial charge in [-0.15, -0.1) is 0 Å². The molecule has 0 saturated heterocycles. The highest BCUT2D eigenvalue weighted by molar-refractivity contribution is 7.89. The van der Waals surface area contributed by atoms with E-state index in [9.17, 15) is 21.6 Å². The average molecular weight is 316 g/mol. The minimum atomic E-state index is -4.51. The normalized spacial score (nSPS) is 17.1. The third-order valence-corrected chi connectivity index (χ3v) is 5.18. The molecule has 20 heavy (non-hydrogen) atoms. The van der Waals surface area contributed by atoms with Gasteiger partial charge in [0.1, 0.15) is 6.54 Å². The molecule has 0 aromatic rings. The van der Waals surface area contributed by atoms with Crippen molar-refractivity contribution in [1.29, 1.82) is 0 Å². The van der Waals surface area contributed by atoms with E-state index < -0.39 is 28.8 Å². The van der Waals surface area contributed by atoms with Gasteiger partial charge in [-0.3, -0.25) is 0 Å². The lowest BCUT2D eigenvalue weighted by Crippen LogP contribution is -2.44. The first-order valence-corrected chi connectivity index (χ1v) is 8.52. The van der Waals surface area contributed by atoms with Crippen LogP contribution in [0.2, 0.25) is 0 Å². The second-order valence-electron chi connectivity index (χ2n) is 5.51. The van der Waals surface area contributed by atoms with E-state index in [4.69, 9.17) is 0 Å². The molecule has 1 aliphatic rings. The van der Waals surface area contributed by atoms with Gasteiger partial charge >= 0.3 is 6.18 Å². The standard InChI is InChI=1S/C12H23F3N2O2S/c1-10(2)17(9-12(13,14)15)20(18,19)8-4-3-7-16-11-5-6-11/h10-11,16H,3-9H2,1-2H3. The quantitative estimate of drug-likeness (QED) is 0.663. The van der Waals surface area contributed by atoms with Crippen LogP contribution in [0.5, 0.6) is 0 Å². The van der Waals surface area contributed by atoms with Crippen molar-refractivity contribution in [3.05, 3.63) is 0 Å². The van der Waals surface area contributed by atoms with Gasteiger partial charge in [0.2, 0.25) is 10.0 Å². The SMILES string of the molecule is CC(C)N(CC(F)(F)F)S(=O)(=O)CCCCNC1CC1. The van der Waals surface area contributed by atoms with Crippen LogP contribution in [-0.4, -0.2) is 49.8 Å². The Morgan fingerprint density at radius 1 is 1.25 bits per heavy atom. The molecule has 0 amide bonds. The highest BCUT2D eigenvalue weighted by Crippen LogP contribution is 2.21. The summed E-state index contributed by atoms with van der Waals surface area (Å²) in [5.74, 6) is -0.229. The lowest BCUT2D eigenvalue weighted by Gasteiger charge is -2.26. The molecule has 0 aromatic carbocycles. The van der Waals surface area contributed by atoms with Crippen molar-refractivity contribution in [3.63, 3.8) is 0 Å². The monoisotopic (exact) mass is 316 g/mol. The van der Waals surface area contributed by atoms with Gasteiger partial charge in [-0.2, -0.15) is 17.5 Å². The van der Waals surface area contributed by atoms with Crippen molar-refractivity contribution < 1.29 is 21.6 Å². The summed E-state index contributed by atoms with van der Waals surface area (Å²) in [6, 6.07) is -0.129. The van der Waals surface area contributed by atoms with Crippen LogP contribution < -0.4 is 5.32 Å². The number of rotatable bonds is 9. The van der Waals surface area contributed by atoms with E-state index >= 15 is 0 Å². The first kappa shape index (κ1) is 17.7. The van der Waals surface area contributed by atoms with E-state index in [1.165, 1.54) is 13.8 Å². The molecule has 8 heteroatoms. The summed E-state index contributed by atoms with van der Waals surface area (Å²) in [6.45, 7) is 2.23. The summed E-state index contributed by atoms with van der Waals surface area (Å²) >= 11 is 0. The maximum Gasteiger partial charge on any atom is 0.402 e. The molecule has 0 aromatic heterocycles. The molecule has 0 heterocycles. The second-order valence-corrected chi connectivity index (χ2v) is 7.55. The third kappa shape index (κ3) is 6.90. The average Bonchev–Trinajstić information content (AvgIpc) is 3.07. The highest BCUT2D eigenvalue weighted by Gasteiger charge is 2.37. The van der Waals surface area contributed by atoms with Crippen LogP contribution in [0.25, 0.3) is 0 Å². The van der Waals surface area contributed by atoms with Crippen LogP contribution in [0, 0.1) is 0 Å². The van der Waals surface area contributed by atoms with Crippen molar-refractivity contribution in [3.8, 4) is 0 Å². The van der Waals surface area contributed by atoms with E-state index in [0.717, 1.165) is 19.4 Å². The number of hydrogen-bond donors (Lipinski definition) is 1. The Morgan fingerprint density at radius 2 is 1.85 bits per heavy atom. The molecule has 0 spiro atoms. The molecule has 1 aliphatic carbocycles.